The lowest BCUT2D eigenvalue weighted by Gasteiger charge is -2.37. The molecule has 0 bridgehead atoms. The van der Waals surface area contributed by atoms with Crippen molar-refractivity contribution in [3.8, 4) is 0 Å². The van der Waals surface area contributed by atoms with Gasteiger partial charge in [0, 0.05) is 32.2 Å². The van der Waals surface area contributed by atoms with Gasteiger partial charge in [-0.25, -0.2) is 0 Å². The molecule has 0 atom stereocenters. The van der Waals surface area contributed by atoms with Gasteiger partial charge in [-0.15, -0.1) is 0 Å². The Morgan fingerprint density at radius 3 is 2.00 bits per heavy atom. The molecule has 1 saturated heterocycles. The van der Waals surface area contributed by atoms with Gasteiger partial charge in [-0.2, -0.15) is 0 Å². The normalized spacial score (nSPS) is 17.0. The van der Waals surface area contributed by atoms with Crippen LogP contribution in [0.5, 0.6) is 0 Å². The standard InChI is InChI=1S/C18H35N3O3/c1-14(2)10-21(11-15(3)4)17(22)12-20-8-6-16(7-9-20)19(5)13-18(23)24/h14-16H,6-13H2,1-5H3,(H,23,24). The number of piperidine rings is 1. The number of hydrogen-bond donors (Lipinski definition) is 1. The minimum atomic E-state index is -0.784. The number of carbonyl (C=O) groups excluding carboxylic acids is 1. The number of carboxylic acids is 1. The molecule has 0 spiro atoms. The summed E-state index contributed by atoms with van der Waals surface area (Å²) < 4.78 is 0. The van der Waals surface area contributed by atoms with Crippen molar-refractivity contribution >= 4 is 11.9 Å². The van der Waals surface area contributed by atoms with Gasteiger partial charge in [0.1, 0.15) is 0 Å². The summed E-state index contributed by atoms with van der Waals surface area (Å²) in [6.45, 7) is 12.5. The minimum absolute atomic E-state index is 0.0835. The van der Waals surface area contributed by atoms with Crippen LogP contribution in [0.1, 0.15) is 40.5 Å². The van der Waals surface area contributed by atoms with Gasteiger partial charge in [-0.05, 0) is 31.7 Å². The Balaban J connectivity index is 2.46. The van der Waals surface area contributed by atoms with E-state index in [2.05, 4.69) is 32.6 Å². The Labute approximate surface area is 146 Å². The van der Waals surface area contributed by atoms with Gasteiger partial charge in [0.05, 0.1) is 13.1 Å². The zero-order valence-corrected chi connectivity index (χ0v) is 16.0. The molecule has 24 heavy (non-hydrogen) atoms. The van der Waals surface area contributed by atoms with E-state index in [9.17, 15) is 9.59 Å². The fourth-order valence-electron chi connectivity index (χ4n) is 3.31. The van der Waals surface area contributed by atoms with E-state index < -0.39 is 5.97 Å². The molecule has 6 heteroatoms. The molecule has 1 aliphatic rings. The molecule has 1 fully saturated rings. The van der Waals surface area contributed by atoms with Crippen LogP contribution in [0.25, 0.3) is 0 Å². The molecule has 0 aromatic heterocycles. The molecule has 1 heterocycles. The zero-order chi connectivity index (χ0) is 18.3. The van der Waals surface area contributed by atoms with Crippen molar-refractivity contribution in [1.29, 1.82) is 0 Å². The van der Waals surface area contributed by atoms with Gasteiger partial charge in [-0.1, -0.05) is 27.7 Å². The Hall–Kier alpha value is -1.14. The predicted molar refractivity (Wildman–Crippen MR) is 96.0 cm³/mol. The van der Waals surface area contributed by atoms with Crippen molar-refractivity contribution in [3.63, 3.8) is 0 Å². The number of carbonyl (C=O) groups is 2. The second-order valence-electron chi connectivity index (χ2n) is 7.90. The summed E-state index contributed by atoms with van der Waals surface area (Å²) in [7, 11) is 1.87. The summed E-state index contributed by atoms with van der Waals surface area (Å²) in [5, 5.41) is 8.89. The maximum Gasteiger partial charge on any atom is 0.317 e. The minimum Gasteiger partial charge on any atom is -0.480 e. The molecule has 1 amide bonds. The van der Waals surface area contributed by atoms with Crippen molar-refractivity contribution in [2.45, 2.75) is 46.6 Å². The topological polar surface area (TPSA) is 64.1 Å². The number of carboxylic acid groups (broad SMARTS) is 1. The van der Waals surface area contributed by atoms with Crippen LogP contribution in [0.3, 0.4) is 0 Å². The summed E-state index contributed by atoms with van der Waals surface area (Å²) in [6, 6.07) is 0.301. The highest BCUT2D eigenvalue weighted by Gasteiger charge is 2.26. The summed E-state index contributed by atoms with van der Waals surface area (Å²) in [5.74, 6) is 0.383. The van der Waals surface area contributed by atoms with E-state index in [4.69, 9.17) is 5.11 Å². The maximum atomic E-state index is 12.6. The highest BCUT2D eigenvalue weighted by Crippen LogP contribution is 2.15. The van der Waals surface area contributed by atoms with Crippen LogP contribution >= 0.6 is 0 Å². The lowest BCUT2D eigenvalue weighted by atomic mass is 10.0. The first-order chi connectivity index (χ1) is 11.2. The Morgan fingerprint density at radius 2 is 1.58 bits per heavy atom. The van der Waals surface area contributed by atoms with Crippen molar-refractivity contribution in [2.75, 3.05) is 46.3 Å². The monoisotopic (exact) mass is 341 g/mol. The summed E-state index contributed by atoms with van der Waals surface area (Å²) in [6.07, 6.45) is 1.84. The molecule has 0 radical (unpaired) electrons. The van der Waals surface area contributed by atoms with E-state index in [1.54, 1.807) is 0 Å². The molecule has 0 aliphatic carbocycles. The van der Waals surface area contributed by atoms with Crippen molar-refractivity contribution < 1.29 is 14.7 Å². The second kappa shape index (κ2) is 9.99. The molecule has 0 aromatic rings. The third-order valence-electron chi connectivity index (χ3n) is 4.45. The van der Waals surface area contributed by atoms with Gasteiger partial charge in [0.2, 0.25) is 5.91 Å². The molecular weight excluding hydrogens is 306 g/mol. The number of rotatable bonds is 9. The molecule has 1 N–H and O–H groups in total. The second-order valence-corrected chi connectivity index (χ2v) is 7.90. The van der Waals surface area contributed by atoms with E-state index in [0.717, 1.165) is 39.0 Å². The molecule has 0 saturated carbocycles. The molecule has 140 valence electrons. The quantitative estimate of drug-likeness (QED) is 0.690. The number of nitrogens with zero attached hydrogens (tertiary/aromatic N) is 3. The third-order valence-corrected chi connectivity index (χ3v) is 4.45. The Morgan fingerprint density at radius 1 is 1.08 bits per heavy atom. The molecule has 1 rings (SSSR count). The fraction of sp³-hybridized carbons (Fsp3) is 0.889. The largest absolute Gasteiger partial charge is 0.480 e. The first kappa shape index (κ1) is 20.9. The van der Waals surface area contributed by atoms with E-state index in [1.807, 2.05) is 16.8 Å². The Bertz CT molecular complexity index is 394. The van der Waals surface area contributed by atoms with E-state index in [-0.39, 0.29) is 12.5 Å². The number of hydrogen-bond acceptors (Lipinski definition) is 4. The number of aliphatic carboxylic acids is 1. The summed E-state index contributed by atoms with van der Waals surface area (Å²) in [5.41, 5.74) is 0. The number of likely N-dealkylation sites (N-methyl/N-ethyl adjacent to an activating group) is 1. The summed E-state index contributed by atoms with van der Waals surface area (Å²) >= 11 is 0. The predicted octanol–water partition coefficient (Wildman–Crippen LogP) is 1.61. The van der Waals surface area contributed by atoms with E-state index in [1.165, 1.54) is 0 Å². The van der Waals surface area contributed by atoms with Crippen LogP contribution in [0.2, 0.25) is 0 Å². The van der Waals surface area contributed by atoms with Gasteiger partial charge in [0.15, 0.2) is 0 Å². The first-order valence-electron chi connectivity index (χ1n) is 9.11. The van der Waals surface area contributed by atoms with Crippen molar-refractivity contribution in [2.24, 2.45) is 11.8 Å². The van der Waals surface area contributed by atoms with Crippen LogP contribution in [0, 0.1) is 11.8 Å². The molecule has 1 aliphatic heterocycles. The average molecular weight is 341 g/mol. The van der Waals surface area contributed by atoms with Crippen LogP contribution in [0.4, 0.5) is 0 Å². The lowest BCUT2D eigenvalue weighted by molar-refractivity contribution is -0.138. The maximum absolute atomic E-state index is 12.6. The fourth-order valence-corrected chi connectivity index (χ4v) is 3.31. The van der Waals surface area contributed by atoms with Crippen LogP contribution in [-0.2, 0) is 9.59 Å². The van der Waals surface area contributed by atoms with Crippen molar-refractivity contribution in [1.82, 2.24) is 14.7 Å². The number of likely N-dealkylation sites (tertiary alicyclic amines) is 1. The molecule has 0 aromatic carbocycles. The van der Waals surface area contributed by atoms with E-state index in [0.29, 0.717) is 24.4 Å². The van der Waals surface area contributed by atoms with Gasteiger partial charge in [0.25, 0.3) is 0 Å². The van der Waals surface area contributed by atoms with Gasteiger partial charge >= 0.3 is 5.97 Å². The molecule has 6 nitrogen and oxygen atoms in total. The van der Waals surface area contributed by atoms with Crippen molar-refractivity contribution in [3.05, 3.63) is 0 Å². The van der Waals surface area contributed by atoms with E-state index >= 15 is 0 Å². The van der Waals surface area contributed by atoms with Crippen LogP contribution in [0.15, 0.2) is 0 Å². The smallest absolute Gasteiger partial charge is 0.317 e. The SMILES string of the molecule is CC(C)CN(CC(C)C)C(=O)CN1CCC(N(C)CC(=O)O)CC1. The Kier molecular flexibility index (Phi) is 8.70. The first-order valence-corrected chi connectivity index (χ1v) is 9.11. The zero-order valence-electron chi connectivity index (χ0n) is 16.0. The van der Waals surface area contributed by atoms with Crippen LogP contribution < -0.4 is 0 Å². The third kappa shape index (κ3) is 7.62. The summed E-state index contributed by atoms with van der Waals surface area (Å²) in [4.78, 5) is 29.6. The highest BCUT2D eigenvalue weighted by atomic mass is 16.4. The molecular formula is C18H35N3O3. The lowest BCUT2D eigenvalue weighted by Crippen LogP contribution is -2.49. The molecule has 0 unspecified atom stereocenters. The van der Waals surface area contributed by atoms with Gasteiger partial charge in [-0.3, -0.25) is 19.4 Å². The number of amides is 1. The van der Waals surface area contributed by atoms with Gasteiger partial charge < -0.3 is 10.0 Å². The highest BCUT2D eigenvalue weighted by molar-refractivity contribution is 5.78. The van der Waals surface area contributed by atoms with Crippen LogP contribution in [-0.4, -0.2) is 84.0 Å². The average Bonchev–Trinajstić information content (AvgIpc) is 2.45.